The lowest BCUT2D eigenvalue weighted by atomic mass is 10.0. The predicted octanol–water partition coefficient (Wildman–Crippen LogP) is 1.58. The Labute approximate surface area is 110 Å². The third-order valence-electron chi connectivity index (χ3n) is 3.90. The van der Waals surface area contributed by atoms with Gasteiger partial charge in [-0.2, -0.15) is 0 Å². The number of nitrogens with zero attached hydrogens (tertiary/aromatic N) is 2. The highest BCUT2D eigenvalue weighted by molar-refractivity contribution is 6.30. The standard InChI is InChI=1S/C12H16ClN3O2/c13-10-8-2-1-3-9(12(17)18)16(8)11(15-10)7-4-5-14-6-7/h7,9,14H,1-6H2,(H,17,18). The van der Waals surface area contributed by atoms with E-state index >= 15 is 0 Å². The zero-order chi connectivity index (χ0) is 12.7. The molecule has 2 aliphatic heterocycles. The van der Waals surface area contributed by atoms with Gasteiger partial charge in [0.05, 0.1) is 5.69 Å². The summed E-state index contributed by atoms with van der Waals surface area (Å²) in [6.07, 6.45) is 3.36. The number of hydrogen-bond acceptors (Lipinski definition) is 3. The number of rotatable bonds is 2. The minimum Gasteiger partial charge on any atom is -0.480 e. The van der Waals surface area contributed by atoms with Crippen molar-refractivity contribution >= 4 is 17.6 Å². The van der Waals surface area contributed by atoms with Gasteiger partial charge in [0.2, 0.25) is 0 Å². The van der Waals surface area contributed by atoms with Crippen molar-refractivity contribution in [1.29, 1.82) is 0 Å². The molecule has 98 valence electrons. The van der Waals surface area contributed by atoms with Crippen molar-refractivity contribution in [2.24, 2.45) is 0 Å². The molecule has 0 bridgehead atoms. The van der Waals surface area contributed by atoms with Crippen LogP contribution in [0.5, 0.6) is 0 Å². The molecule has 6 heteroatoms. The van der Waals surface area contributed by atoms with Crippen LogP contribution in [0.3, 0.4) is 0 Å². The van der Waals surface area contributed by atoms with Crippen LogP contribution in [0.2, 0.25) is 5.15 Å². The molecule has 0 spiro atoms. The van der Waals surface area contributed by atoms with Crippen molar-refractivity contribution in [1.82, 2.24) is 14.9 Å². The van der Waals surface area contributed by atoms with E-state index in [2.05, 4.69) is 10.3 Å². The Balaban J connectivity index is 2.07. The highest BCUT2D eigenvalue weighted by Crippen LogP contribution is 2.35. The summed E-state index contributed by atoms with van der Waals surface area (Å²) in [6, 6.07) is -0.496. The molecular weight excluding hydrogens is 254 g/mol. The van der Waals surface area contributed by atoms with E-state index in [9.17, 15) is 9.90 Å². The minimum absolute atomic E-state index is 0.288. The lowest BCUT2D eigenvalue weighted by Gasteiger charge is -2.25. The Kier molecular flexibility index (Phi) is 3.03. The van der Waals surface area contributed by atoms with Crippen LogP contribution < -0.4 is 5.32 Å². The van der Waals surface area contributed by atoms with E-state index in [-0.39, 0.29) is 5.92 Å². The number of carboxylic acids is 1. The molecule has 5 nitrogen and oxygen atoms in total. The van der Waals surface area contributed by atoms with Gasteiger partial charge in [-0.15, -0.1) is 0 Å². The Morgan fingerprint density at radius 1 is 1.50 bits per heavy atom. The number of halogens is 1. The largest absolute Gasteiger partial charge is 0.480 e. The predicted molar refractivity (Wildman–Crippen MR) is 67.1 cm³/mol. The highest BCUT2D eigenvalue weighted by atomic mass is 35.5. The van der Waals surface area contributed by atoms with E-state index in [1.165, 1.54) is 0 Å². The second-order valence-electron chi connectivity index (χ2n) is 5.01. The summed E-state index contributed by atoms with van der Waals surface area (Å²) in [5.41, 5.74) is 0.900. The van der Waals surface area contributed by atoms with E-state index < -0.39 is 12.0 Å². The molecule has 2 atom stereocenters. The maximum atomic E-state index is 11.4. The third kappa shape index (κ3) is 1.82. The Bertz CT molecular complexity index is 480. The Morgan fingerprint density at radius 2 is 2.33 bits per heavy atom. The van der Waals surface area contributed by atoms with E-state index in [0.717, 1.165) is 43.9 Å². The lowest BCUT2D eigenvalue weighted by molar-refractivity contribution is -0.141. The molecule has 3 rings (SSSR count). The maximum Gasteiger partial charge on any atom is 0.326 e. The quantitative estimate of drug-likeness (QED) is 0.855. The SMILES string of the molecule is O=C(O)C1CCCc2c(Cl)nc(C3CCNC3)n21. The van der Waals surface area contributed by atoms with Crippen molar-refractivity contribution in [3.05, 3.63) is 16.7 Å². The average molecular weight is 270 g/mol. The van der Waals surface area contributed by atoms with Crippen molar-refractivity contribution in [2.75, 3.05) is 13.1 Å². The molecule has 1 aromatic heterocycles. The molecule has 3 heterocycles. The molecule has 1 saturated heterocycles. The number of fused-ring (bicyclic) bond motifs is 1. The van der Waals surface area contributed by atoms with Gasteiger partial charge in [-0.1, -0.05) is 11.6 Å². The van der Waals surface area contributed by atoms with Crippen LogP contribution in [-0.4, -0.2) is 33.7 Å². The van der Waals surface area contributed by atoms with Gasteiger partial charge in [-0.25, -0.2) is 9.78 Å². The Hall–Kier alpha value is -1.07. The minimum atomic E-state index is -0.780. The van der Waals surface area contributed by atoms with Crippen LogP contribution in [-0.2, 0) is 11.2 Å². The second kappa shape index (κ2) is 4.55. The summed E-state index contributed by atoms with van der Waals surface area (Å²) in [6.45, 7) is 1.82. The molecule has 1 aromatic rings. The van der Waals surface area contributed by atoms with E-state index in [1.807, 2.05) is 4.57 Å². The topological polar surface area (TPSA) is 67.2 Å². The van der Waals surface area contributed by atoms with E-state index in [4.69, 9.17) is 11.6 Å². The fourth-order valence-electron chi connectivity index (χ4n) is 3.02. The van der Waals surface area contributed by atoms with Gasteiger partial charge >= 0.3 is 5.97 Å². The van der Waals surface area contributed by atoms with Crippen LogP contribution in [0, 0.1) is 0 Å². The van der Waals surface area contributed by atoms with Crippen molar-refractivity contribution in [2.45, 2.75) is 37.6 Å². The van der Waals surface area contributed by atoms with Gasteiger partial charge in [-0.3, -0.25) is 0 Å². The van der Waals surface area contributed by atoms with Crippen LogP contribution in [0.25, 0.3) is 0 Å². The Morgan fingerprint density at radius 3 is 3.00 bits per heavy atom. The van der Waals surface area contributed by atoms with Crippen LogP contribution in [0.1, 0.15) is 42.7 Å². The number of nitrogens with one attached hydrogen (secondary N) is 1. The van der Waals surface area contributed by atoms with Gasteiger partial charge < -0.3 is 15.0 Å². The molecule has 18 heavy (non-hydrogen) atoms. The first kappa shape index (κ1) is 12.0. The van der Waals surface area contributed by atoms with Gasteiger partial charge in [0.25, 0.3) is 0 Å². The van der Waals surface area contributed by atoms with Crippen LogP contribution in [0.15, 0.2) is 0 Å². The second-order valence-corrected chi connectivity index (χ2v) is 5.37. The van der Waals surface area contributed by atoms with Crippen molar-refractivity contribution < 1.29 is 9.90 Å². The molecule has 0 aliphatic carbocycles. The third-order valence-corrected chi connectivity index (χ3v) is 4.20. The van der Waals surface area contributed by atoms with Gasteiger partial charge in [0.15, 0.2) is 5.15 Å². The summed E-state index contributed by atoms with van der Waals surface area (Å²) in [5.74, 6) is 0.362. The molecule has 1 fully saturated rings. The van der Waals surface area contributed by atoms with E-state index in [1.54, 1.807) is 0 Å². The lowest BCUT2D eigenvalue weighted by Crippen LogP contribution is -2.27. The van der Waals surface area contributed by atoms with Crippen LogP contribution in [0.4, 0.5) is 0 Å². The van der Waals surface area contributed by atoms with Crippen molar-refractivity contribution in [3.8, 4) is 0 Å². The smallest absolute Gasteiger partial charge is 0.326 e. The molecule has 2 unspecified atom stereocenters. The van der Waals surface area contributed by atoms with Gasteiger partial charge in [0.1, 0.15) is 11.9 Å². The fourth-order valence-corrected chi connectivity index (χ4v) is 3.29. The number of aromatic nitrogens is 2. The van der Waals surface area contributed by atoms with E-state index in [0.29, 0.717) is 11.6 Å². The van der Waals surface area contributed by atoms with Gasteiger partial charge in [-0.05, 0) is 32.2 Å². The summed E-state index contributed by atoms with van der Waals surface area (Å²) >= 11 is 6.17. The summed E-state index contributed by atoms with van der Waals surface area (Å²) in [5, 5.41) is 13.1. The number of aliphatic carboxylic acids is 1. The zero-order valence-corrected chi connectivity index (χ0v) is 10.8. The first-order chi connectivity index (χ1) is 8.68. The summed E-state index contributed by atoms with van der Waals surface area (Å²) in [4.78, 5) is 15.8. The summed E-state index contributed by atoms with van der Waals surface area (Å²) < 4.78 is 1.88. The number of hydrogen-bond donors (Lipinski definition) is 2. The molecule has 2 N–H and O–H groups in total. The number of carbonyl (C=O) groups is 1. The van der Waals surface area contributed by atoms with Crippen LogP contribution >= 0.6 is 11.6 Å². The number of carboxylic acid groups (broad SMARTS) is 1. The normalized spacial score (nSPS) is 27.2. The average Bonchev–Trinajstić information content (AvgIpc) is 2.97. The monoisotopic (exact) mass is 269 g/mol. The first-order valence-corrected chi connectivity index (χ1v) is 6.76. The van der Waals surface area contributed by atoms with Crippen molar-refractivity contribution in [3.63, 3.8) is 0 Å². The fraction of sp³-hybridized carbons (Fsp3) is 0.667. The summed E-state index contributed by atoms with van der Waals surface area (Å²) in [7, 11) is 0. The molecule has 0 radical (unpaired) electrons. The molecule has 0 saturated carbocycles. The zero-order valence-electron chi connectivity index (χ0n) is 10.0. The van der Waals surface area contributed by atoms with Gasteiger partial charge in [0, 0.05) is 12.5 Å². The first-order valence-electron chi connectivity index (χ1n) is 6.38. The maximum absolute atomic E-state index is 11.4. The molecule has 0 amide bonds. The highest BCUT2D eigenvalue weighted by Gasteiger charge is 2.34. The molecule has 0 aromatic carbocycles. The number of imidazole rings is 1. The molecular formula is C12H16ClN3O2. The molecule has 2 aliphatic rings.